The molecule has 0 bridgehead atoms. The highest BCUT2D eigenvalue weighted by molar-refractivity contribution is 7.99. The molecule has 2 aromatic heterocycles. The summed E-state index contributed by atoms with van der Waals surface area (Å²) in [5, 5.41) is 3.79. The van der Waals surface area contributed by atoms with E-state index < -0.39 is 5.97 Å². The van der Waals surface area contributed by atoms with Crippen LogP contribution in [0.5, 0.6) is 0 Å². The maximum absolute atomic E-state index is 13.1. The van der Waals surface area contributed by atoms with Gasteiger partial charge in [0.05, 0.1) is 42.7 Å². The van der Waals surface area contributed by atoms with Crippen LogP contribution in [0.1, 0.15) is 20.8 Å². The third-order valence-electron chi connectivity index (χ3n) is 4.71. The first kappa shape index (κ1) is 23.0. The number of aryl methyl sites for hydroxylation is 2. The molecule has 0 atom stereocenters. The Balaban J connectivity index is 1.84. The standard InChI is InChI=1S/C21H23N3O5S2/c1-12-13(2)31-18-17(12)19(26)24(9-10-28-3)21(23-18)30-11-16(25)22-15-8-6-5-7-14(15)20(27)29-4/h5-8H,9-11H2,1-4H3,(H,22,25). The number of amides is 1. The fraction of sp³-hybridized carbons (Fsp3) is 0.333. The van der Waals surface area contributed by atoms with Crippen LogP contribution in [0.4, 0.5) is 5.69 Å². The molecule has 0 radical (unpaired) electrons. The molecule has 8 nitrogen and oxygen atoms in total. The number of aromatic nitrogens is 2. The maximum Gasteiger partial charge on any atom is 0.339 e. The second kappa shape index (κ2) is 10.1. The number of rotatable bonds is 8. The van der Waals surface area contributed by atoms with Crippen LogP contribution in [-0.4, -0.2) is 48.0 Å². The lowest BCUT2D eigenvalue weighted by Crippen LogP contribution is -2.26. The van der Waals surface area contributed by atoms with Gasteiger partial charge in [0.1, 0.15) is 4.83 Å². The molecule has 0 fully saturated rings. The topological polar surface area (TPSA) is 99.5 Å². The molecule has 0 spiro atoms. The van der Waals surface area contributed by atoms with E-state index in [0.29, 0.717) is 34.2 Å². The Bertz CT molecular complexity index is 1190. The number of hydrogen-bond donors (Lipinski definition) is 1. The molecule has 164 valence electrons. The average molecular weight is 462 g/mol. The first-order valence-corrected chi connectivity index (χ1v) is 11.3. The molecule has 0 aliphatic carbocycles. The highest BCUT2D eigenvalue weighted by atomic mass is 32.2. The van der Waals surface area contributed by atoms with Gasteiger partial charge in [-0.3, -0.25) is 14.2 Å². The number of fused-ring (bicyclic) bond motifs is 1. The monoisotopic (exact) mass is 461 g/mol. The summed E-state index contributed by atoms with van der Waals surface area (Å²) in [7, 11) is 2.85. The number of esters is 1. The number of nitrogens with zero attached hydrogens (tertiary/aromatic N) is 2. The Morgan fingerprint density at radius 2 is 1.97 bits per heavy atom. The lowest BCUT2D eigenvalue weighted by Gasteiger charge is -2.12. The lowest BCUT2D eigenvalue weighted by atomic mass is 10.2. The molecule has 1 N–H and O–H groups in total. The number of benzene rings is 1. The molecule has 2 heterocycles. The molecular formula is C21H23N3O5S2. The summed E-state index contributed by atoms with van der Waals surface area (Å²) in [4.78, 5) is 43.9. The van der Waals surface area contributed by atoms with Gasteiger partial charge in [-0.1, -0.05) is 23.9 Å². The van der Waals surface area contributed by atoms with Crippen molar-refractivity contribution in [1.82, 2.24) is 9.55 Å². The Morgan fingerprint density at radius 3 is 2.68 bits per heavy atom. The third kappa shape index (κ3) is 4.97. The predicted molar refractivity (Wildman–Crippen MR) is 122 cm³/mol. The van der Waals surface area contributed by atoms with E-state index in [9.17, 15) is 14.4 Å². The van der Waals surface area contributed by atoms with Gasteiger partial charge in [-0.05, 0) is 31.5 Å². The number of para-hydroxylation sites is 1. The molecule has 0 saturated heterocycles. The molecule has 3 rings (SSSR count). The molecule has 10 heteroatoms. The third-order valence-corrected chi connectivity index (χ3v) is 6.79. The summed E-state index contributed by atoms with van der Waals surface area (Å²) in [6.07, 6.45) is 0. The number of hydrogen-bond acceptors (Lipinski definition) is 8. The zero-order chi connectivity index (χ0) is 22.5. The van der Waals surface area contributed by atoms with Gasteiger partial charge in [0.15, 0.2) is 5.16 Å². The molecule has 0 unspecified atom stereocenters. The number of carbonyl (C=O) groups is 2. The van der Waals surface area contributed by atoms with Crippen LogP contribution >= 0.6 is 23.1 Å². The van der Waals surface area contributed by atoms with E-state index in [1.54, 1.807) is 35.9 Å². The Hall–Kier alpha value is -2.69. The van der Waals surface area contributed by atoms with Gasteiger partial charge < -0.3 is 14.8 Å². The Kier molecular flexibility index (Phi) is 7.47. The first-order chi connectivity index (χ1) is 14.9. The van der Waals surface area contributed by atoms with E-state index in [1.165, 1.54) is 18.4 Å². The minimum Gasteiger partial charge on any atom is -0.465 e. The lowest BCUT2D eigenvalue weighted by molar-refractivity contribution is -0.113. The molecule has 31 heavy (non-hydrogen) atoms. The largest absolute Gasteiger partial charge is 0.465 e. The van der Waals surface area contributed by atoms with Crippen molar-refractivity contribution in [3.8, 4) is 0 Å². The Morgan fingerprint density at radius 1 is 1.23 bits per heavy atom. The SMILES string of the molecule is COCCn1c(SCC(=O)Nc2ccccc2C(=O)OC)nc2sc(C)c(C)c2c1=O. The van der Waals surface area contributed by atoms with Crippen molar-refractivity contribution in [3.05, 3.63) is 50.6 Å². The molecule has 3 aromatic rings. The molecule has 0 saturated carbocycles. The van der Waals surface area contributed by atoms with Gasteiger partial charge >= 0.3 is 5.97 Å². The van der Waals surface area contributed by atoms with E-state index in [0.717, 1.165) is 22.2 Å². The molecule has 0 aliphatic rings. The second-order valence-electron chi connectivity index (χ2n) is 6.68. The highest BCUT2D eigenvalue weighted by Gasteiger charge is 2.18. The van der Waals surface area contributed by atoms with Crippen molar-refractivity contribution in [1.29, 1.82) is 0 Å². The highest BCUT2D eigenvalue weighted by Crippen LogP contribution is 2.28. The van der Waals surface area contributed by atoms with Gasteiger partial charge in [-0.25, -0.2) is 9.78 Å². The smallest absolute Gasteiger partial charge is 0.339 e. The van der Waals surface area contributed by atoms with Crippen LogP contribution in [0.2, 0.25) is 0 Å². The van der Waals surface area contributed by atoms with Crippen LogP contribution < -0.4 is 10.9 Å². The number of thioether (sulfide) groups is 1. The van der Waals surface area contributed by atoms with Crippen molar-refractivity contribution in [2.45, 2.75) is 25.5 Å². The van der Waals surface area contributed by atoms with Crippen molar-refractivity contribution in [3.63, 3.8) is 0 Å². The van der Waals surface area contributed by atoms with Crippen molar-refractivity contribution < 1.29 is 19.1 Å². The van der Waals surface area contributed by atoms with Crippen LogP contribution in [0.25, 0.3) is 10.2 Å². The first-order valence-electron chi connectivity index (χ1n) is 9.46. The average Bonchev–Trinajstić information content (AvgIpc) is 3.05. The van der Waals surface area contributed by atoms with E-state index in [2.05, 4.69) is 10.3 Å². The summed E-state index contributed by atoms with van der Waals surface area (Å²) in [5.41, 5.74) is 1.43. The zero-order valence-electron chi connectivity index (χ0n) is 17.7. The summed E-state index contributed by atoms with van der Waals surface area (Å²) >= 11 is 2.63. The number of ether oxygens (including phenoxy) is 2. The van der Waals surface area contributed by atoms with Gasteiger partial charge in [0.25, 0.3) is 5.56 Å². The van der Waals surface area contributed by atoms with Crippen molar-refractivity contribution in [2.24, 2.45) is 0 Å². The van der Waals surface area contributed by atoms with Crippen molar-refractivity contribution in [2.75, 3.05) is 31.9 Å². The van der Waals surface area contributed by atoms with E-state index in [4.69, 9.17) is 9.47 Å². The number of methoxy groups -OCH3 is 2. The molecule has 1 amide bonds. The van der Waals surface area contributed by atoms with Crippen molar-refractivity contribution >= 4 is 50.9 Å². The Labute approximate surface area is 187 Å². The van der Waals surface area contributed by atoms with Crippen LogP contribution in [0, 0.1) is 13.8 Å². The minimum atomic E-state index is -0.535. The number of nitrogens with one attached hydrogen (secondary N) is 1. The second-order valence-corrected chi connectivity index (χ2v) is 8.83. The van der Waals surface area contributed by atoms with Gasteiger partial charge in [-0.15, -0.1) is 11.3 Å². The fourth-order valence-electron chi connectivity index (χ4n) is 3.00. The predicted octanol–water partition coefficient (Wildman–Crippen LogP) is 3.24. The summed E-state index contributed by atoms with van der Waals surface area (Å²) in [6, 6.07) is 6.61. The number of thiophene rings is 1. The van der Waals surface area contributed by atoms with Crippen LogP contribution in [-0.2, 0) is 20.8 Å². The van der Waals surface area contributed by atoms with Crippen LogP contribution in [0.15, 0.2) is 34.2 Å². The summed E-state index contributed by atoms with van der Waals surface area (Å²) < 4.78 is 11.4. The molecule has 1 aromatic carbocycles. The van der Waals surface area contributed by atoms with Gasteiger partial charge in [0, 0.05) is 12.0 Å². The zero-order valence-corrected chi connectivity index (χ0v) is 19.3. The molecule has 0 aliphatic heterocycles. The number of carbonyl (C=O) groups excluding carboxylic acids is 2. The van der Waals surface area contributed by atoms with Gasteiger partial charge in [-0.2, -0.15) is 0 Å². The van der Waals surface area contributed by atoms with Crippen LogP contribution in [0.3, 0.4) is 0 Å². The van der Waals surface area contributed by atoms with E-state index >= 15 is 0 Å². The quantitative estimate of drug-likeness (QED) is 0.312. The van der Waals surface area contributed by atoms with Gasteiger partial charge in [0.2, 0.25) is 5.91 Å². The summed E-state index contributed by atoms with van der Waals surface area (Å²) in [6.45, 7) is 4.56. The van der Waals surface area contributed by atoms with E-state index in [1.807, 2.05) is 13.8 Å². The molecular weight excluding hydrogens is 438 g/mol. The van der Waals surface area contributed by atoms with E-state index in [-0.39, 0.29) is 22.8 Å². The fourth-order valence-corrected chi connectivity index (χ4v) is 4.89. The summed E-state index contributed by atoms with van der Waals surface area (Å²) in [5.74, 6) is -0.843. The number of anilines is 1. The maximum atomic E-state index is 13.1. The minimum absolute atomic E-state index is 0.0176. The normalized spacial score (nSPS) is 11.0.